The molecule has 0 bridgehead atoms. The van der Waals surface area contributed by atoms with Gasteiger partial charge in [0.1, 0.15) is 12.2 Å². The van der Waals surface area contributed by atoms with Crippen LogP contribution in [0.1, 0.15) is 12.7 Å². The topological polar surface area (TPSA) is 59.8 Å². The van der Waals surface area contributed by atoms with Crippen LogP contribution in [0.3, 0.4) is 0 Å². The highest BCUT2D eigenvalue weighted by molar-refractivity contribution is 5.82. The average Bonchev–Trinajstić information content (AvgIpc) is 2.65. The van der Waals surface area contributed by atoms with E-state index in [-0.39, 0.29) is 5.78 Å². The van der Waals surface area contributed by atoms with E-state index in [1.807, 2.05) is 6.92 Å². The van der Waals surface area contributed by atoms with Gasteiger partial charge < -0.3 is 5.32 Å². The molecule has 5 nitrogen and oxygen atoms in total. The summed E-state index contributed by atoms with van der Waals surface area (Å²) in [5.74, 6) is 0.836. The largest absolute Gasteiger partial charge is 0.307 e. The van der Waals surface area contributed by atoms with Crippen molar-refractivity contribution in [1.82, 2.24) is 20.1 Å². The van der Waals surface area contributed by atoms with Crippen LogP contribution in [-0.2, 0) is 17.8 Å². The lowest BCUT2D eigenvalue weighted by Gasteiger charge is -2.02. The van der Waals surface area contributed by atoms with Crippen LogP contribution in [0.4, 0.5) is 0 Å². The highest BCUT2D eigenvalue weighted by Crippen LogP contribution is 1.95. The fraction of sp³-hybridized carbons (Fsp3) is 0.500. The SMILES string of the molecule is C=CCNCC(=O)Cc1ncnn1CC. The summed E-state index contributed by atoms with van der Waals surface area (Å²) in [6.07, 6.45) is 3.53. The Balaban J connectivity index is 2.40. The molecule has 0 aliphatic rings. The molecule has 0 saturated heterocycles. The van der Waals surface area contributed by atoms with Crippen molar-refractivity contribution < 1.29 is 4.79 Å². The molecule has 1 aromatic rings. The average molecular weight is 208 g/mol. The zero-order chi connectivity index (χ0) is 11.1. The van der Waals surface area contributed by atoms with Gasteiger partial charge in [-0.05, 0) is 6.92 Å². The number of carbonyl (C=O) groups is 1. The first kappa shape index (κ1) is 11.6. The quantitative estimate of drug-likeness (QED) is 0.513. The van der Waals surface area contributed by atoms with Crippen LogP contribution in [0.25, 0.3) is 0 Å². The van der Waals surface area contributed by atoms with E-state index in [2.05, 4.69) is 22.0 Å². The fourth-order valence-corrected chi connectivity index (χ4v) is 1.24. The molecule has 1 rings (SSSR count). The summed E-state index contributed by atoms with van der Waals surface area (Å²) >= 11 is 0. The van der Waals surface area contributed by atoms with Gasteiger partial charge in [0, 0.05) is 13.1 Å². The van der Waals surface area contributed by atoms with Crippen LogP contribution >= 0.6 is 0 Å². The van der Waals surface area contributed by atoms with Crippen LogP contribution in [0, 0.1) is 0 Å². The van der Waals surface area contributed by atoms with E-state index in [0.29, 0.717) is 19.5 Å². The molecule has 0 aromatic carbocycles. The number of hydrogen-bond donors (Lipinski definition) is 1. The van der Waals surface area contributed by atoms with E-state index in [1.165, 1.54) is 6.33 Å². The zero-order valence-corrected chi connectivity index (χ0v) is 8.94. The standard InChI is InChI=1S/C10H16N4O/c1-3-5-11-7-9(15)6-10-12-8-13-14(10)4-2/h3,8,11H,1,4-7H2,2H3. The monoisotopic (exact) mass is 208 g/mol. The summed E-state index contributed by atoms with van der Waals surface area (Å²) in [5, 5.41) is 6.96. The minimum Gasteiger partial charge on any atom is -0.307 e. The molecule has 1 N–H and O–H groups in total. The van der Waals surface area contributed by atoms with Gasteiger partial charge in [-0.1, -0.05) is 6.08 Å². The number of carbonyl (C=O) groups excluding carboxylic acids is 1. The number of hydrogen-bond acceptors (Lipinski definition) is 4. The maximum Gasteiger partial charge on any atom is 0.154 e. The molecule has 0 unspecified atom stereocenters. The van der Waals surface area contributed by atoms with E-state index in [0.717, 1.165) is 12.4 Å². The Morgan fingerprint density at radius 3 is 3.20 bits per heavy atom. The van der Waals surface area contributed by atoms with E-state index in [4.69, 9.17) is 0 Å². The summed E-state index contributed by atoms with van der Waals surface area (Å²) in [6, 6.07) is 0. The first-order valence-electron chi connectivity index (χ1n) is 4.98. The van der Waals surface area contributed by atoms with Crippen molar-refractivity contribution in [3.05, 3.63) is 24.8 Å². The molecule has 0 radical (unpaired) electrons. The molecule has 15 heavy (non-hydrogen) atoms. The van der Waals surface area contributed by atoms with E-state index < -0.39 is 0 Å². The van der Waals surface area contributed by atoms with Gasteiger partial charge in [0.15, 0.2) is 5.78 Å². The molecule has 0 atom stereocenters. The second-order valence-corrected chi connectivity index (χ2v) is 3.13. The van der Waals surface area contributed by atoms with Gasteiger partial charge in [0.2, 0.25) is 0 Å². The Morgan fingerprint density at radius 2 is 2.53 bits per heavy atom. The lowest BCUT2D eigenvalue weighted by atomic mass is 10.2. The van der Waals surface area contributed by atoms with Gasteiger partial charge in [-0.25, -0.2) is 9.67 Å². The first-order valence-corrected chi connectivity index (χ1v) is 4.98. The number of ketones is 1. The predicted molar refractivity (Wildman–Crippen MR) is 57.5 cm³/mol. The van der Waals surface area contributed by atoms with Crippen LogP contribution in [0.15, 0.2) is 19.0 Å². The third-order valence-electron chi connectivity index (χ3n) is 1.96. The summed E-state index contributed by atoms with van der Waals surface area (Å²) in [7, 11) is 0. The van der Waals surface area contributed by atoms with Gasteiger partial charge in [0.05, 0.1) is 13.0 Å². The Bertz CT molecular complexity index is 332. The molecule has 0 saturated carbocycles. The third-order valence-corrected chi connectivity index (χ3v) is 1.96. The molecule has 1 aromatic heterocycles. The van der Waals surface area contributed by atoms with Crippen LogP contribution in [0.5, 0.6) is 0 Å². The minimum absolute atomic E-state index is 0.111. The number of aryl methyl sites for hydroxylation is 1. The van der Waals surface area contributed by atoms with Crippen molar-refractivity contribution in [3.8, 4) is 0 Å². The summed E-state index contributed by atoms with van der Waals surface area (Å²) in [5.41, 5.74) is 0. The Kier molecular flexibility index (Phi) is 4.70. The fourth-order valence-electron chi connectivity index (χ4n) is 1.24. The van der Waals surface area contributed by atoms with Crippen molar-refractivity contribution in [1.29, 1.82) is 0 Å². The summed E-state index contributed by atoms with van der Waals surface area (Å²) in [4.78, 5) is 15.5. The van der Waals surface area contributed by atoms with Gasteiger partial charge in [0.25, 0.3) is 0 Å². The molecule has 82 valence electrons. The van der Waals surface area contributed by atoms with Crippen molar-refractivity contribution in [3.63, 3.8) is 0 Å². The molecule has 1 heterocycles. The van der Waals surface area contributed by atoms with Gasteiger partial charge in [-0.2, -0.15) is 5.10 Å². The molecular weight excluding hydrogens is 192 g/mol. The number of aromatic nitrogens is 3. The van der Waals surface area contributed by atoms with E-state index >= 15 is 0 Å². The van der Waals surface area contributed by atoms with E-state index in [1.54, 1.807) is 10.8 Å². The molecule has 0 fully saturated rings. The first-order chi connectivity index (χ1) is 7.27. The van der Waals surface area contributed by atoms with Crippen LogP contribution < -0.4 is 5.32 Å². The summed E-state index contributed by atoms with van der Waals surface area (Å²) in [6.45, 7) is 7.26. The zero-order valence-electron chi connectivity index (χ0n) is 8.94. The van der Waals surface area contributed by atoms with Crippen molar-refractivity contribution in [2.75, 3.05) is 13.1 Å². The highest BCUT2D eigenvalue weighted by atomic mass is 16.1. The highest BCUT2D eigenvalue weighted by Gasteiger charge is 2.08. The molecule has 0 amide bonds. The number of rotatable bonds is 7. The van der Waals surface area contributed by atoms with Gasteiger partial charge in [-0.15, -0.1) is 6.58 Å². The predicted octanol–water partition coefficient (Wildman–Crippen LogP) is 0.185. The normalized spacial score (nSPS) is 10.2. The molecule has 0 aliphatic heterocycles. The number of nitrogens with one attached hydrogen (secondary N) is 1. The Hall–Kier alpha value is -1.49. The smallest absolute Gasteiger partial charge is 0.154 e. The van der Waals surface area contributed by atoms with Crippen molar-refractivity contribution in [2.24, 2.45) is 0 Å². The van der Waals surface area contributed by atoms with Crippen LogP contribution in [-0.4, -0.2) is 33.6 Å². The number of nitrogens with zero attached hydrogens (tertiary/aromatic N) is 3. The van der Waals surface area contributed by atoms with Gasteiger partial charge in [-0.3, -0.25) is 4.79 Å². The Morgan fingerprint density at radius 1 is 1.73 bits per heavy atom. The molecule has 0 aliphatic carbocycles. The Labute approximate surface area is 89.2 Å². The second-order valence-electron chi connectivity index (χ2n) is 3.13. The minimum atomic E-state index is 0.111. The lowest BCUT2D eigenvalue weighted by Crippen LogP contribution is -2.25. The third kappa shape index (κ3) is 3.63. The second kappa shape index (κ2) is 6.08. The van der Waals surface area contributed by atoms with Crippen LogP contribution in [0.2, 0.25) is 0 Å². The molecule has 0 spiro atoms. The lowest BCUT2D eigenvalue weighted by molar-refractivity contribution is -0.117. The maximum absolute atomic E-state index is 11.5. The van der Waals surface area contributed by atoms with Gasteiger partial charge >= 0.3 is 0 Å². The van der Waals surface area contributed by atoms with Crippen molar-refractivity contribution >= 4 is 5.78 Å². The molecular formula is C10H16N4O. The maximum atomic E-state index is 11.5. The molecule has 5 heteroatoms. The van der Waals surface area contributed by atoms with E-state index in [9.17, 15) is 4.79 Å². The number of Topliss-reactive ketones (excluding diaryl/α,β-unsaturated/α-hetero) is 1. The summed E-state index contributed by atoms with van der Waals surface area (Å²) < 4.78 is 1.73. The van der Waals surface area contributed by atoms with Crippen molar-refractivity contribution in [2.45, 2.75) is 19.9 Å².